The Labute approximate surface area is 308 Å². The molecule has 0 fully saturated rings. The lowest BCUT2D eigenvalue weighted by Gasteiger charge is -2.26. The third-order valence-corrected chi connectivity index (χ3v) is 10.1. The molecule has 9 aromatic carbocycles. The first-order valence-corrected chi connectivity index (χ1v) is 17.9. The fourth-order valence-corrected chi connectivity index (χ4v) is 7.40. The second kappa shape index (κ2) is 12.9. The van der Waals surface area contributed by atoms with E-state index in [1.54, 1.807) is 0 Å². The van der Waals surface area contributed by atoms with Crippen LogP contribution in [0.15, 0.2) is 200 Å². The van der Waals surface area contributed by atoms with Gasteiger partial charge < -0.3 is 14.4 Å². The molecule has 0 N–H and O–H groups in total. The van der Waals surface area contributed by atoms with Crippen molar-refractivity contribution in [2.75, 3.05) is 4.90 Å². The summed E-state index contributed by atoms with van der Waals surface area (Å²) in [5, 5.41) is 4.41. The molecule has 0 saturated heterocycles. The minimum absolute atomic E-state index is 0.700. The average molecular weight is 680 g/mol. The van der Waals surface area contributed by atoms with Gasteiger partial charge in [-0.1, -0.05) is 133 Å². The fraction of sp³-hybridized carbons (Fsp3) is 0. The predicted octanol–water partition coefficient (Wildman–Crippen LogP) is 14.4. The monoisotopic (exact) mass is 679 g/mol. The van der Waals surface area contributed by atoms with Gasteiger partial charge in [0.2, 0.25) is 0 Å². The zero-order chi connectivity index (χ0) is 35.1. The number of nitrogens with zero attached hydrogens (tertiary/aromatic N) is 1. The topological polar surface area (TPSA) is 21.7 Å². The first-order valence-electron chi connectivity index (χ1n) is 17.9. The Bertz CT molecular complexity index is 2750. The molecule has 0 saturated carbocycles. The maximum absolute atomic E-state index is 6.50. The van der Waals surface area contributed by atoms with Crippen LogP contribution < -0.4 is 14.4 Å². The molecule has 0 bridgehead atoms. The zero-order valence-electron chi connectivity index (χ0n) is 28.8. The van der Waals surface area contributed by atoms with Crippen molar-refractivity contribution >= 4 is 38.6 Å². The predicted molar refractivity (Wildman–Crippen MR) is 219 cm³/mol. The molecule has 250 valence electrons. The van der Waals surface area contributed by atoms with E-state index in [-0.39, 0.29) is 0 Å². The molecular weight excluding hydrogens is 647 g/mol. The molecule has 0 unspecified atom stereocenters. The van der Waals surface area contributed by atoms with E-state index < -0.39 is 0 Å². The number of rotatable bonds is 6. The summed E-state index contributed by atoms with van der Waals surface area (Å²) < 4.78 is 12.9. The van der Waals surface area contributed by atoms with E-state index in [4.69, 9.17) is 9.47 Å². The van der Waals surface area contributed by atoms with Crippen molar-refractivity contribution in [2.24, 2.45) is 0 Å². The van der Waals surface area contributed by atoms with Crippen molar-refractivity contribution in [1.29, 1.82) is 0 Å². The summed E-state index contributed by atoms with van der Waals surface area (Å²) in [5.74, 6) is 3.00. The van der Waals surface area contributed by atoms with Crippen LogP contribution in [0.2, 0.25) is 0 Å². The summed E-state index contributed by atoms with van der Waals surface area (Å²) in [6, 6.07) is 70.5. The first-order chi connectivity index (χ1) is 26.2. The van der Waals surface area contributed by atoms with E-state index >= 15 is 0 Å². The van der Waals surface area contributed by atoms with Crippen LogP contribution in [-0.4, -0.2) is 0 Å². The van der Waals surface area contributed by atoms with Crippen molar-refractivity contribution in [1.82, 2.24) is 0 Å². The molecule has 0 amide bonds. The molecule has 3 nitrogen and oxygen atoms in total. The standard InChI is InChI=1S/C50H33NO2/c1-3-9-34(10-4-1)35-17-19-36(20-18-35)37-23-27-44(28-24-37)51(43-13-5-2-6-14-43)45-29-25-38-21-22-40(31-42(38)32-45)41-26-30-46-49(33-41)53-48-16-8-12-39-11-7-15-47(52-46)50(39)48/h1-33H. The molecule has 9 aromatic rings. The fourth-order valence-electron chi connectivity index (χ4n) is 7.40. The number of fused-ring (bicyclic) bond motifs is 2. The Kier molecular flexibility index (Phi) is 7.47. The van der Waals surface area contributed by atoms with Gasteiger partial charge in [-0.25, -0.2) is 0 Å². The van der Waals surface area contributed by atoms with Gasteiger partial charge in [-0.3, -0.25) is 0 Å². The van der Waals surface area contributed by atoms with Crippen molar-refractivity contribution in [3.05, 3.63) is 200 Å². The Morgan fingerprint density at radius 2 is 0.774 bits per heavy atom. The molecule has 1 aliphatic rings. The van der Waals surface area contributed by atoms with E-state index in [0.717, 1.165) is 55.8 Å². The number of ether oxygens (including phenoxy) is 2. The Hall–Kier alpha value is -7.10. The van der Waals surface area contributed by atoms with Crippen LogP contribution in [0, 0.1) is 0 Å². The molecule has 0 aromatic heterocycles. The molecule has 0 atom stereocenters. The van der Waals surface area contributed by atoms with E-state index in [9.17, 15) is 0 Å². The Balaban J connectivity index is 0.983. The molecule has 0 radical (unpaired) electrons. The van der Waals surface area contributed by atoms with Crippen LogP contribution >= 0.6 is 0 Å². The molecule has 3 heteroatoms. The molecule has 1 aliphatic heterocycles. The minimum Gasteiger partial charge on any atom is -0.453 e. The van der Waals surface area contributed by atoms with E-state index in [1.807, 2.05) is 30.3 Å². The maximum atomic E-state index is 6.50. The SMILES string of the molecule is c1ccc(-c2ccc(-c3ccc(N(c4ccccc4)c4ccc5ccc(-c6ccc7c(c6)Oc6cccc8cccc(c68)O7)cc5c4)cc3)cc2)cc1. The molecule has 0 aliphatic carbocycles. The van der Waals surface area contributed by atoms with Crippen LogP contribution in [0.5, 0.6) is 23.0 Å². The van der Waals surface area contributed by atoms with Gasteiger partial charge in [0, 0.05) is 17.1 Å². The summed E-state index contributed by atoms with van der Waals surface area (Å²) in [5.41, 5.74) is 10.3. The summed E-state index contributed by atoms with van der Waals surface area (Å²) in [4.78, 5) is 2.32. The van der Waals surface area contributed by atoms with E-state index in [2.05, 4.69) is 175 Å². The van der Waals surface area contributed by atoms with Gasteiger partial charge >= 0.3 is 0 Å². The van der Waals surface area contributed by atoms with Gasteiger partial charge in [0.15, 0.2) is 11.5 Å². The number of benzene rings is 9. The van der Waals surface area contributed by atoms with Gasteiger partial charge in [0.25, 0.3) is 0 Å². The highest BCUT2D eigenvalue weighted by Gasteiger charge is 2.19. The number of hydrogen-bond acceptors (Lipinski definition) is 3. The molecule has 10 rings (SSSR count). The zero-order valence-corrected chi connectivity index (χ0v) is 28.8. The average Bonchev–Trinajstić information content (AvgIpc) is 3.39. The lowest BCUT2D eigenvalue weighted by molar-refractivity contribution is 0.439. The Morgan fingerprint density at radius 1 is 0.264 bits per heavy atom. The van der Waals surface area contributed by atoms with Gasteiger partial charge in [-0.05, 0) is 116 Å². The third-order valence-electron chi connectivity index (χ3n) is 10.1. The summed E-state index contributed by atoms with van der Waals surface area (Å²) in [6.45, 7) is 0. The van der Waals surface area contributed by atoms with Crippen molar-refractivity contribution < 1.29 is 9.47 Å². The van der Waals surface area contributed by atoms with Crippen molar-refractivity contribution in [3.8, 4) is 56.4 Å². The molecular formula is C50H33NO2. The van der Waals surface area contributed by atoms with Crippen LogP contribution in [0.3, 0.4) is 0 Å². The molecule has 1 heterocycles. The minimum atomic E-state index is 0.700. The van der Waals surface area contributed by atoms with Gasteiger partial charge in [-0.15, -0.1) is 0 Å². The van der Waals surface area contributed by atoms with Crippen LogP contribution in [0.25, 0.3) is 54.9 Å². The smallest absolute Gasteiger partial charge is 0.170 e. The highest BCUT2D eigenvalue weighted by Crippen LogP contribution is 2.47. The number of anilines is 3. The van der Waals surface area contributed by atoms with E-state index in [1.165, 1.54) is 27.6 Å². The molecule has 53 heavy (non-hydrogen) atoms. The Morgan fingerprint density at radius 3 is 1.47 bits per heavy atom. The van der Waals surface area contributed by atoms with Gasteiger partial charge in [0.1, 0.15) is 11.5 Å². The summed E-state index contributed by atoms with van der Waals surface area (Å²) in [7, 11) is 0. The summed E-state index contributed by atoms with van der Waals surface area (Å²) >= 11 is 0. The maximum Gasteiger partial charge on any atom is 0.170 e. The highest BCUT2D eigenvalue weighted by molar-refractivity contribution is 5.95. The number of hydrogen-bond donors (Lipinski definition) is 0. The second-order valence-electron chi connectivity index (χ2n) is 13.4. The highest BCUT2D eigenvalue weighted by atomic mass is 16.5. The van der Waals surface area contributed by atoms with Gasteiger partial charge in [0.05, 0.1) is 5.39 Å². The van der Waals surface area contributed by atoms with Crippen molar-refractivity contribution in [2.45, 2.75) is 0 Å². The third kappa shape index (κ3) is 5.75. The molecule has 0 spiro atoms. The van der Waals surface area contributed by atoms with E-state index in [0.29, 0.717) is 11.5 Å². The van der Waals surface area contributed by atoms with Crippen LogP contribution in [-0.2, 0) is 0 Å². The first kappa shape index (κ1) is 30.7. The van der Waals surface area contributed by atoms with Crippen LogP contribution in [0.4, 0.5) is 17.1 Å². The lowest BCUT2D eigenvalue weighted by atomic mass is 9.99. The lowest BCUT2D eigenvalue weighted by Crippen LogP contribution is -2.09. The normalized spacial score (nSPS) is 11.7. The number of para-hydroxylation sites is 1. The second-order valence-corrected chi connectivity index (χ2v) is 13.4. The van der Waals surface area contributed by atoms with Crippen LogP contribution in [0.1, 0.15) is 0 Å². The van der Waals surface area contributed by atoms with Gasteiger partial charge in [-0.2, -0.15) is 0 Å². The quantitative estimate of drug-likeness (QED) is 0.175. The van der Waals surface area contributed by atoms with Crippen molar-refractivity contribution in [3.63, 3.8) is 0 Å². The largest absolute Gasteiger partial charge is 0.453 e. The summed E-state index contributed by atoms with van der Waals surface area (Å²) in [6.07, 6.45) is 0.